The lowest BCUT2D eigenvalue weighted by molar-refractivity contribution is 0.0173. The molecule has 0 saturated carbocycles. The molecule has 1 aliphatic heterocycles. The van der Waals surface area contributed by atoms with Crippen molar-refractivity contribution in [2.75, 3.05) is 5.75 Å². The Kier molecular flexibility index (Phi) is 5.17. The van der Waals surface area contributed by atoms with Crippen LogP contribution in [0.1, 0.15) is 5.56 Å². The molecule has 1 heterocycles. The summed E-state index contributed by atoms with van der Waals surface area (Å²) in [5.41, 5.74) is 9.16. The molecule has 1 aliphatic rings. The number of rotatable bonds is 3. The summed E-state index contributed by atoms with van der Waals surface area (Å²) in [6.45, 7) is 0. The summed E-state index contributed by atoms with van der Waals surface area (Å²) in [6, 6.07) is 8.41. The van der Waals surface area contributed by atoms with E-state index < -0.39 is 18.2 Å². The molecule has 1 saturated heterocycles. The first-order valence-electron chi connectivity index (χ1n) is 5.84. The Morgan fingerprint density at radius 3 is 2.70 bits per heavy atom. The van der Waals surface area contributed by atoms with Crippen molar-refractivity contribution in [3.63, 3.8) is 0 Å². The molecule has 0 aromatic heterocycles. The molecule has 0 radical (unpaired) electrons. The quantitative estimate of drug-likeness (QED) is 0.504. The lowest BCUT2D eigenvalue weighted by Gasteiger charge is -2.34. The minimum atomic E-state index is -1.05. The van der Waals surface area contributed by atoms with Crippen molar-refractivity contribution in [3.05, 3.63) is 40.3 Å². The molecular weight excluding hydrogens is 296 g/mol. The van der Waals surface area contributed by atoms with Gasteiger partial charge in [0.2, 0.25) is 0 Å². The third kappa shape index (κ3) is 3.39. The summed E-state index contributed by atoms with van der Waals surface area (Å²) in [5.74, 6) is 0.395. The van der Waals surface area contributed by atoms with Crippen molar-refractivity contribution in [2.45, 2.75) is 27.7 Å². The highest BCUT2D eigenvalue weighted by Gasteiger charge is 2.38. The van der Waals surface area contributed by atoms with Crippen molar-refractivity contribution in [2.24, 2.45) is 5.11 Å². The van der Waals surface area contributed by atoms with Crippen LogP contribution < -0.4 is 0 Å². The normalized spacial score (nSPS) is 29.2. The van der Waals surface area contributed by atoms with Gasteiger partial charge in [-0.15, -0.1) is 23.5 Å². The molecule has 2 unspecified atom stereocenters. The van der Waals surface area contributed by atoms with E-state index in [1.807, 2.05) is 18.2 Å². The fraction of sp³-hybridized carbons (Fsp3) is 0.417. The monoisotopic (exact) mass is 308 g/mol. The van der Waals surface area contributed by atoms with Crippen LogP contribution in [-0.2, 0) is 0 Å². The summed E-state index contributed by atoms with van der Waals surface area (Å²) in [4.78, 5) is 3.67. The Balaban J connectivity index is 2.13. The molecule has 4 atom stereocenters. The highest BCUT2D eigenvalue weighted by Crippen LogP contribution is 2.39. The van der Waals surface area contributed by atoms with Crippen LogP contribution in [0.5, 0.6) is 0 Å². The molecule has 8 heteroatoms. The number of aliphatic hydroxyl groups excluding tert-OH is 2. The lowest BCUT2D eigenvalue weighted by atomic mass is 10.1. The molecule has 2 N–H and O–H groups in total. The van der Waals surface area contributed by atoms with Crippen molar-refractivity contribution < 1.29 is 10.2 Å². The van der Waals surface area contributed by atoms with Gasteiger partial charge in [-0.05, 0) is 29.8 Å². The standard InChI is InChI=1S/C12H12N4O2S2/c13-5-7-1-3-8(4-2-7)20-12-10(15-16-14)11(18)9(17)6-19-12/h1-4,9-12,17-18H,6H2/t9-,10?,11?,12+/m1/s1. The van der Waals surface area contributed by atoms with Gasteiger partial charge in [0.05, 0.1) is 34.5 Å². The van der Waals surface area contributed by atoms with E-state index in [-0.39, 0.29) is 4.58 Å². The largest absolute Gasteiger partial charge is 0.390 e. The zero-order valence-corrected chi connectivity index (χ0v) is 12.0. The molecule has 0 aliphatic carbocycles. The van der Waals surface area contributed by atoms with Gasteiger partial charge in [0.15, 0.2) is 0 Å². The van der Waals surface area contributed by atoms with Crippen molar-refractivity contribution >= 4 is 23.5 Å². The second-order valence-electron chi connectivity index (χ2n) is 4.21. The van der Waals surface area contributed by atoms with Crippen LogP contribution in [0, 0.1) is 11.3 Å². The van der Waals surface area contributed by atoms with E-state index >= 15 is 0 Å². The molecule has 6 nitrogen and oxygen atoms in total. The summed E-state index contributed by atoms with van der Waals surface area (Å²) in [5, 5.41) is 31.9. The van der Waals surface area contributed by atoms with Crippen molar-refractivity contribution in [3.8, 4) is 6.07 Å². The third-order valence-corrected chi connectivity index (χ3v) is 5.77. The molecule has 1 aromatic carbocycles. The SMILES string of the molecule is N#Cc1ccc(S[C@@H]2SC[C@@H](O)C(O)C2N=[N+]=[N-])cc1. The Morgan fingerprint density at radius 2 is 2.10 bits per heavy atom. The average molecular weight is 308 g/mol. The van der Waals surface area contributed by atoms with Crippen LogP contribution in [0.2, 0.25) is 0 Å². The average Bonchev–Trinajstić information content (AvgIpc) is 2.47. The molecule has 20 heavy (non-hydrogen) atoms. The predicted octanol–water partition coefficient (Wildman–Crippen LogP) is 2.12. The number of benzene rings is 1. The predicted molar refractivity (Wildman–Crippen MR) is 78.2 cm³/mol. The van der Waals surface area contributed by atoms with Gasteiger partial charge in [0, 0.05) is 15.6 Å². The van der Waals surface area contributed by atoms with Gasteiger partial charge >= 0.3 is 0 Å². The van der Waals surface area contributed by atoms with Gasteiger partial charge in [0.1, 0.15) is 0 Å². The van der Waals surface area contributed by atoms with E-state index in [4.69, 9.17) is 10.8 Å². The number of azide groups is 1. The van der Waals surface area contributed by atoms with Crippen LogP contribution >= 0.6 is 23.5 Å². The van der Waals surface area contributed by atoms with Crippen LogP contribution in [-0.4, -0.2) is 38.8 Å². The van der Waals surface area contributed by atoms with Gasteiger partial charge in [-0.25, -0.2) is 0 Å². The maximum atomic E-state index is 9.91. The van der Waals surface area contributed by atoms with E-state index in [0.29, 0.717) is 11.3 Å². The summed E-state index contributed by atoms with van der Waals surface area (Å²) >= 11 is 2.91. The number of aliphatic hydroxyl groups is 2. The first kappa shape index (κ1) is 15.0. The van der Waals surface area contributed by atoms with E-state index in [1.165, 1.54) is 23.5 Å². The van der Waals surface area contributed by atoms with Gasteiger partial charge in [0.25, 0.3) is 0 Å². The van der Waals surface area contributed by atoms with E-state index in [2.05, 4.69) is 10.0 Å². The number of thioether (sulfide) groups is 2. The zero-order valence-electron chi connectivity index (χ0n) is 10.3. The highest BCUT2D eigenvalue weighted by atomic mass is 32.2. The molecule has 0 bridgehead atoms. The van der Waals surface area contributed by atoms with Crippen LogP contribution in [0.4, 0.5) is 0 Å². The van der Waals surface area contributed by atoms with Gasteiger partial charge in [-0.2, -0.15) is 5.26 Å². The molecule has 0 amide bonds. The van der Waals surface area contributed by atoms with Crippen LogP contribution in [0.3, 0.4) is 0 Å². The molecule has 104 valence electrons. The maximum absolute atomic E-state index is 9.91. The van der Waals surface area contributed by atoms with Crippen LogP contribution in [0.15, 0.2) is 34.3 Å². The fourth-order valence-electron chi connectivity index (χ4n) is 1.81. The van der Waals surface area contributed by atoms with E-state index in [9.17, 15) is 10.2 Å². The Bertz CT molecular complexity index is 554. The zero-order chi connectivity index (χ0) is 14.5. The number of hydrogen-bond acceptors (Lipinski definition) is 6. The van der Waals surface area contributed by atoms with Crippen molar-refractivity contribution in [1.29, 1.82) is 5.26 Å². The minimum absolute atomic E-state index is 0.169. The first-order valence-corrected chi connectivity index (χ1v) is 7.77. The minimum Gasteiger partial charge on any atom is -0.390 e. The maximum Gasteiger partial charge on any atom is 0.0991 e. The number of nitriles is 1. The first-order chi connectivity index (χ1) is 9.65. The highest BCUT2D eigenvalue weighted by molar-refractivity contribution is 8.17. The number of hydrogen-bond donors (Lipinski definition) is 2. The fourth-order valence-corrected chi connectivity index (χ4v) is 4.56. The Morgan fingerprint density at radius 1 is 1.40 bits per heavy atom. The summed E-state index contributed by atoms with van der Waals surface area (Å²) < 4.78 is -0.169. The van der Waals surface area contributed by atoms with E-state index in [0.717, 1.165) is 4.90 Å². The molecular formula is C12H12N4O2S2. The summed E-state index contributed by atoms with van der Waals surface area (Å²) in [6.07, 6.45) is -1.93. The Hall–Kier alpha value is -1.36. The van der Waals surface area contributed by atoms with Gasteiger partial charge in [-0.3, -0.25) is 0 Å². The second kappa shape index (κ2) is 6.88. The molecule has 2 rings (SSSR count). The van der Waals surface area contributed by atoms with Crippen LogP contribution in [0.25, 0.3) is 10.4 Å². The second-order valence-corrected chi connectivity index (χ2v) is 6.90. The Labute approximate surface area is 124 Å². The summed E-state index contributed by atoms with van der Waals surface area (Å²) in [7, 11) is 0. The van der Waals surface area contributed by atoms with Gasteiger partial charge in [-0.1, -0.05) is 5.11 Å². The molecule has 0 spiro atoms. The molecule has 1 fully saturated rings. The topological polar surface area (TPSA) is 113 Å². The van der Waals surface area contributed by atoms with Gasteiger partial charge < -0.3 is 10.2 Å². The van der Waals surface area contributed by atoms with E-state index in [1.54, 1.807) is 12.1 Å². The molecule has 1 aromatic rings. The smallest absolute Gasteiger partial charge is 0.0991 e. The number of nitrogens with zero attached hydrogens (tertiary/aromatic N) is 4. The third-order valence-electron chi connectivity index (χ3n) is 2.87. The lowest BCUT2D eigenvalue weighted by Crippen LogP contribution is -2.46. The van der Waals surface area contributed by atoms with Crippen molar-refractivity contribution in [1.82, 2.24) is 0 Å².